The van der Waals surface area contributed by atoms with Crippen LogP contribution in [-0.2, 0) is 0 Å². The van der Waals surface area contributed by atoms with Crippen LogP contribution in [-0.4, -0.2) is 39.8 Å². The normalized spacial score (nSPS) is 27.4. The standard InChI is InChI=1S/C15H23N3/c1-12-9-16-10-13(12)11-18-8-7-17(2)14-5-3-4-6-15(14)18/h3-6,12-13,16H,7-11H2,1-2H3/t12-,13+/m1/s1. The van der Waals surface area contributed by atoms with Gasteiger partial charge in [-0.15, -0.1) is 0 Å². The molecule has 0 spiro atoms. The molecule has 2 aliphatic heterocycles. The number of benzene rings is 1. The lowest BCUT2D eigenvalue weighted by atomic mass is 9.97. The molecule has 2 heterocycles. The van der Waals surface area contributed by atoms with Gasteiger partial charge in [0.25, 0.3) is 0 Å². The summed E-state index contributed by atoms with van der Waals surface area (Å²) in [5, 5.41) is 3.51. The van der Waals surface area contributed by atoms with Crippen molar-refractivity contribution in [2.75, 3.05) is 49.6 Å². The maximum absolute atomic E-state index is 3.51. The predicted octanol–water partition coefficient (Wildman–Crippen LogP) is 1.80. The third-order valence-electron chi connectivity index (χ3n) is 4.47. The summed E-state index contributed by atoms with van der Waals surface area (Å²) in [4.78, 5) is 4.94. The molecule has 1 saturated heterocycles. The Kier molecular flexibility index (Phi) is 3.16. The van der Waals surface area contributed by atoms with E-state index in [0.29, 0.717) is 0 Å². The molecule has 0 amide bonds. The van der Waals surface area contributed by atoms with Gasteiger partial charge in [0, 0.05) is 26.7 Å². The van der Waals surface area contributed by atoms with Crippen molar-refractivity contribution in [2.24, 2.45) is 11.8 Å². The molecule has 3 nitrogen and oxygen atoms in total. The van der Waals surface area contributed by atoms with E-state index in [-0.39, 0.29) is 0 Å². The van der Waals surface area contributed by atoms with Gasteiger partial charge in [-0.2, -0.15) is 0 Å². The van der Waals surface area contributed by atoms with Crippen molar-refractivity contribution in [3.05, 3.63) is 24.3 Å². The monoisotopic (exact) mass is 245 g/mol. The number of nitrogens with one attached hydrogen (secondary N) is 1. The Hall–Kier alpha value is -1.22. The van der Waals surface area contributed by atoms with E-state index in [2.05, 4.69) is 53.4 Å². The minimum Gasteiger partial charge on any atom is -0.371 e. The number of rotatable bonds is 2. The van der Waals surface area contributed by atoms with Gasteiger partial charge in [0.2, 0.25) is 0 Å². The molecule has 1 N–H and O–H groups in total. The highest BCUT2D eigenvalue weighted by Crippen LogP contribution is 2.33. The Balaban J connectivity index is 1.79. The van der Waals surface area contributed by atoms with Crippen LogP contribution in [0, 0.1) is 11.8 Å². The zero-order valence-electron chi connectivity index (χ0n) is 11.4. The van der Waals surface area contributed by atoms with Gasteiger partial charge >= 0.3 is 0 Å². The summed E-state index contributed by atoms with van der Waals surface area (Å²) >= 11 is 0. The number of anilines is 2. The Bertz CT molecular complexity index is 418. The summed E-state index contributed by atoms with van der Waals surface area (Å²) < 4.78 is 0. The fraction of sp³-hybridized carbons (Fsp3) is 0.600. The molecule has 0 radical (unpaired) electrons. The molecule has 18 heavy (non-hydrogen) atoms. The van der Waals surface area contributed by atoms with E-state index < -0.39 is 0 Å². The SMILES string of the molecule is C[C@@H]1CNC[C@H]1CN1CCN(C)c2ccccc21. The van der Waals surface area contributed by atoms with Crippen molar-refractivity contribution in [3.8, 4) is 0 Å². The first-order valence-electron chi connectivity index (χ1n) is 7.01. The minimum atomic E-state index is 0.793. The van der Waals surface area contributed by atoms with E-state index in [4.69, 9.17) is 0 Å². The lowest BCUT2D eigenvalue weighted by Gasteiger charge is -2.38. The van der Waals surface area contributed by atoms with Crippen molar-refractivity contribution < 1.29 is 0 Å². The van der Waals surface area contributed by atoms with Crippen molar-refractivity contribution >= 4 is 11.4 Å². The van der Waals surface area contributed by atoms with E-state index in [1.807, 2.05) is 0 Å². The number of para-hydroxylation sites is 2. The van der Waals surface area contributed by atoms with E-state index in [0.717, 1.165) is 24.9 Å². The highest BCUT2D eigenvalue weighted by Gasteiger charge is 2.27. The zero-order chi connectivity index (χ0) is 12.5. The molecule has 2 aliphatic rings. The molecule has 1 fully saturated rings. The van der Waals surface area contributed by atoms with Gasteiger partial charge in [-0.1, -0.05) is 19.1 Å². The van der Waals surface area contributed by atoms with Crippen LogP contribution in [0.4, 0.5) is 11.4 Å². The topological polar surface area (TPSA) is 18.5 Å². The highest BCUT2D eigenvalue weighted by molar-refractivity contribution is 5.73. The first-order chi connectivity index (χ1) is 8.75. The average molecular weight is 245 g/mol. The summed E-state index contributed by atoms with van der Waals surface area (Å²) in [5.74, 6) is 1.60. The van der Waals surface area contributed by atoms with Crippen molar-refractivity contribution in [1.82, 2.24) is 5.32 Å². The van der Waals surface area contributed by atoms with Gasteiger partial charge in [-0.05, 0) is 37.1 Å². The Morgan fingerprint density at radius 2 is 1.94 bits per heavy atom. The van der Waals surface area contributed by atoms with E-state index in [9.17, 15) is 0 Å². The fourth-order valence-electron chi connectivity index (χ4n) is 3.15. The lowest BCUT2D eigenvalue weighted by Crippen LogP contribution is -2.42. The molecule has 0 aliphatic carbocycles. The van der Waals surface area contributed by atoms with Gasteiger partial charge in [-0.3, -0.25) is 0 Å². The summed E-state index contributed by atoms with van der Waals surface area (Å²) in [7, 11) is 2.19. The maximum Gasteiger partial charge on any atom is 0.0604 e. The maximum atomic E-state index is 3.51. The molecular weight excluding hydrogens is 222 g/mol. The van der Waals surface area contributed by atoms with Crippen molar-refractivity contribution in [1.29, 1.82) is 0 Å². The largest absolute Gasteiger partial charge is 0.371 e. The van der Waals surface area contributed by atoms with Crippen LogP contribution < -0.4 is 15.1 Å². The summed E-state index contributed by atoms with van der Waals surface area (Å²) in [6.07, 6.45) is 0. The summed E-state index contributed by atoms with van der Waals surface area (Å²) in [5.41, 5.74) is 2.78. The smallest absolute Gasteiger partial charge is 0.0604 e. The average Bonchev–Trinajstić information content (AvgIpc) is 2.79. The second-order valence-corrected chi connectivity index (χ2v) is 5.75. The van der Waals surface area contributed by atoms with Crippen LogP contribution in [0.25, 0.3) is 0 Å². The fourth-order valence-corrected chi connectivity index (χ4v) is 3.15. The summed E-state index contributed by atoms with van der Waals surface area (Å²) in [6, 6.07) is 8.79. The molecule has 1 aromatic rings. The van der Waals surface area contributed by atoms with Crippen molar-refractivity contribution in [3.63, 3.8) is 0 Å². The van der Waals surface area contributed by atoms with Crippen LogP contribution in [0.2, 0.25) is 0 Å². The molecule has 3 rings (SSSR count). The van der Waals surface area contributed by atoms with Crippen molar-refractivity contribution in [2.45, 2.75) is 6.92 Å². The number of likely N-dealkylation sites (N-methyl/N-ethyl adjacent to an activating group) is 1. The Morgan fingerprint density at radius 1 is 1.17 bits per heavy atom. The van der Waals surface area contributed by atoms with Crippen LogP contribution >= 0.6 is 0 Å². The zero-order valence-corrected chi connectivity index (χ0v) is 11.4. The molecule has 0 saturated carbocycles. The Labute approximate surface area is 110 Å². The third kappa shape index (κ3) is 2.07. The van der Waals surface area contributed by atoms with E-state index in [1.54, 1.807) is 0 Å². The molecule has 0 aromatic heterocycles. The molecule has 1 aromatic carbocycles. The number of nitrogens with zero attached hydrogens (tertiary/aromatic N) is 2. The second-order valence-electron chi connectivity index (χ2n) is 5.75. The predicted molar refractivity (Wildman–Crippen MR) is 77.4 cm³/mol. The Morgan fingerprint density at radius 3 is 2.67 bits per heavy atom. The first kappa shape index (κ1) is 11.8. The lowest BCUT2D eigenvalue weighted by molar-refractivity contribution is 0.445. The van der Waals surface area contributed by atoms with Crippen LogP contribution in [0.5, 0.6) is 0 Å². The number of hydrogen-bond donors (Lipinski definition) is 1. The van der Waals surface area contributed by atoms with Crippen LogP contribution in [0.3, 0.4) is 0 Å². The molecule has 3 heteroatoms. The first-order valence-corrected chi connectivity index (χ1v) is 7.01. The molecule has 0 unspecified atom stereocenters. The third-order valence-corrected chi connectivity index (χ3v) is 4.47. The van der Waals surface area contributed by atoms with Gasteiger partial charge in [0.1, 0.15) is 0 Å². The van der Waals surface area contributed by atoms with E-state index >= 15 is 0 Å². The molecule has 0 bridgehead atoms. The molecule has 2 atom stereocenters. The minimum absolute atomic E-state index is 0.793. The second kappa shape index (κ2) is 4.81. The number of fused-ring (bicyclic) bond motifs is 1. The van der Waals surface area contributed by atoms with Crippen LogP contribution in [0.1, 0.15) is 6.92 Å². The molecule has 98 valence electrons. The summed E-state index contributed by atoms with van der Waals surface area (Å²) in [6.45, 7) is 8.20. The number of hydrogen-bond acceptors (Lipinski definition) is 3. The van der Waals surface area contributed by atoms with Crippen LogP contribution in [0.15, 0.2) is 24.3 Å². The van der Waals surface area contributed by atoms with Gasteiger partial charge < -0.3 is 15.1 Å². The quantitative estimate of drug-likeness (QED) is 0.857. The van der Waals surface area contributed by atoms with Gasteiger partial charge in [0.15, 0.2) is 0 Å². The highest BCUT2D eigenvalue weighted by atomic mass is 15.3. The molecular formula is C15H23N3. The van der Waals surface area contributed by atoms with Gasteiger partial charge in [-0.25, -0.2) is 0 Å². The van der Waals surface area contributed by atoms with Gasteiger partial charge in [0.05, 0.1) is 11.4 Å². The van der Waals surface area contributed by atoms with E-state index in [1.165, 1.54) is 31.0 Å².